The maximum absolute atomic E-state index is 13.3. The minimum atomic E-state index is -4.75. The highest BCUT2D eigenvalue weighted by molar-refractivity contribution is 7.29. The van der Waals surface area contributed by atoms with Gasteiger partial charge in [0.25, 0.3) is 0 Å². The third kappa shape index (κ3) is 5.55. The molecule has 2 atom stereocenters. The molecular weight excluding hydrogens is 434 g/mol. The average Bonchev–Trinajstić information content (AvgIpc) is 2.72. The largest absolute Gasteiger partial charge is 0.448 e. The second kappa shape index (κ2) is 9.38. The van der Waals surface area contributed by atoms with Crippen molar-refractivity contribution in [1.82, 2.24) is 4.98 Å². The van der Waals surface area contributed by atoms with Crippen LogP contribution in [0.5, 0.6) is 11.5 Å². The van der Waals surface area contributed by atoms with E-state index in [1.807, 2.05) is 31.2 Å². The van der Waals surface area contributed by atoms with Crippen LogP contribution in [0.15, 0.2) is 60.8 Å². The molecule has 3 aromatic rings. The Kier molecular flexibility index (Phi) is 6.84. The van der Waals surface area contributed by atoms with E-state index in [0.717, 1.165) is 29.3 Å². The van der Waals surface area contributed by atoms with Crippen molar-refractivity contribution in [2.75, 3.05) is 0 Å². The van der Waals surface area contributed by atoms with Gasteiger partial charge >= 0.3 is 11.9 Å². The predicted molar refractivity (Wildman–Crippen MR) is 110 cm³/mol. The van der Waals surface area contributed by atoms with E-state index in [-0.39, 0.29) is 17.1 Å². The Bertz CT molecular complexity index is 1060. The SMILES string of the molecule is Cc1ccc(-c2ccc(Oc3cc(C(OPN)C(F)(F)F)ccc3[N+](=O)[O-])cn2)cc1. The number of benzene rings is 2. The number of nitrogens with zero attached hydrogens (tertiary/aromatic N) is 2. The van der Waals surface area contributed by atoms with Crippen LogP contribution in [0.4, 0.5) is 18.9 Å². The Balaban J connectivity index is 1.92. The summed E-state index contributed by atoms with van der Waals surface area (Å²) in [5.41, 5.74) is 6.86. The summed E-state index contributed by atoms with van der Waals surface area (Å²) in [5, 5.41) is 11.3. The highest BCUT2D eigenvalue weighted by atomic mass is 31.1. The smallest absolute Gasteiger partial charge is 0.419 e. The van der Waals surface area contributed by atoms with Crippen molar-refractivity contribution in [1.29, 1.82) is 0 Å². The van der Waals surface area contributed by atoms with Gasteiger partial charge in [-0.1, -0.05) is 29.8 Å². The molecule has 0 spiro atoms. The summed E-state index contributed by atoms with van der Waals surface area (Å²) < 4.78 is 50.0. The van der Waals surface area contributed by atoms with Gasteiger partial charge < -0.3 is 9.26 Å². The van der Waals surface area contributed by atoms with Crippen molar-refractivity contribution in [2.45, 2.75) is 19.2 Å². The number of ether oxygens (including phenoxy) is 1. The summed E-state index contributed by atoms with van der Waals surface area (Å²) in [4.78, 5) is 14.8. The Morgan fingerprint density at radius 2 is 1.84 bits per heavy atom. The van der Waals surface area contributed by atoms with Crippen LogP contribution in [0.1, 0.15) is 17.2 Å². The number of nitro benzene ring substituents is 1. The van der Waals surface area contributed by atoms with Gasteiger partial charge in [0.2, 0.25) is 5.75 Å². The topological polar surface area (TPSA) is 101 Å². The first-order chi connectivity index (χ1) is 14.7. The molecule has 0 radical (unpaired) electrons. The molecule has 11 heteroatoms. The van der Waals surface area contributed by atoms with Crippen molar-refractivity contribution < 1.29 is 27.4 Å². The second-order valence-electron chi connectivity index (χ2n) is 6.49. The van der Waals surface area contributed by atoms with Crippen molar-refractivity contribution >= 4 is 14.6 Å². The minimum Gasteiger partial charge on any atom is -0.448 e. The summed E-state index contributed by atoms with van der Waals surface area (Å²) in [6.07, 6.45) is -5.75. The van der Waals surface area contributed by atoms with E-state index in [9.17, 15) is 23.3 Å². The molecule has 0 aliphatic carbocycles. The molecule has 2 aromatic carbocycles. The van der Waals surface area contributed by atoms with Crippen LogP contribution in [0.3, 0.4) is 0 Å². The maximum atomic E-state index is 13.3. The highest BCUT2D eigenvalue weighted by Gasteiger charge is 2.42. The third-order valence-corrected chi connectivity index (χ3v) is 4.65. The molecule has 1 aromatic heterocycles. The molecule has 2 unspecified atom stereocenters. The van der Waals surface area contributed by atoms with Crippen LogP contribution >= 0.6 is 8.96 Å². The zero-order valence-electron chi connectivity index (χ0n) is 16.1. The standard InChI is InChI=1S/C20H17F3N3O4P/c1-12-2-4-13(5-3-12)16-8-7-15(11-25-16)29-18-10-14(6-9-17(18)26(27)28)19(30-31-24)20(21,22)23/h2-11,19,31H,24H2,1H3. The van der Waals surface area contributed by atoms with Crippen LogP contribution in [0.25, 0.3) is 11.3 Å². The Morgan fingerprint density at radius 3 is 2.39 bits per heavy atom. The van der Waals surface area contributed by atoms with E-state index >= 15 is 0 Å². The molecule has 31 heavy (non-hydrogen) atoms. The van der Waals surface area contributed by atoms with Gasteiger partial charge in [0.05, 0.1) is 25.8 Å². The lowest BCUT2D eigenvalue weighted by Crippen LogP contribution is -2.22. The summed E-state index contributed by atoms with van der Waals surface area (Å²) >= 11 is 0. The van der Waals surface area contributed by atoms with Gasteiger partial charge in [-0.15, -0.1) is 0 Å². The number of pyridine rings is 1. The van der Waals surface area contributed by atoms with Gasteiger partial charge in [-0.2, -0.15) is 13.2 Å². The summed E-state index contributed by atoms with van der Waals surface area (Å²) in [5.74, 6) is -0.244. The molecule has 1 heterocycles. The molecule has 2 N–H and O–H groups in total. The lowest BCUT2D eigenvalue weighted by Gasteiger charge is -2.20. The van der Waals surface area contributed by atoms with Crippen LogP contribution in [-0.2, 0) is 4.52 Å². The van der Waals surface area contributed by atoms with Crippen molar-refractivity contribution in [3.8, 4) is 22.8 Å². The number of nitro groups is 1. The number of aryl methyl sites for hydroxylation is 1. The molecule has 162 valence electrons. The number of halogens is 3. The Morgan fingerprint density at radius 1 is 1.13 bits per heavy atom. The molecule has 0 aliphatic rings. The van der Waals surface area contributed by atoms with Gasteiger partial charge in [0.15, 0.2) is 6.10 Å². The van der Waals surface area contributed by atoms with E-state index in [0.29, 0.717) is 5.69 Å². The van der Waals surface area contributed by atoms with E-state index in [1.54, 1.807) is 6.07 Å². The fourth-order valence-electron chi connectivity index (χ4n) is 2.78. The molecule has 0 saturated heterocycles. The summed E-state index contributed by atoms with van der Waals surface area (Å²) in [6.45, 7) is 1.96. The highest BCUT2D eigenvalue weighted by Crippen LogP contribution is 2.42. The normalized spacial score (nSPS) is 12.8. The number of hydrogen-bond donors (Lipinski definition) is 1. The molecule has 0 saturated carbocycles. The van der Waals surface area contributed by atoms with Gasteiger partial charge in [-0.05, 0) is 36.8 Å². The lowest BCUT2D eigenvalue weighted by atomic mass is 10.1. The number of alkyl halides is 3. The lowest BCUT2D eigenvalue weighted by molar-refractivity contribution is -0.385. The zero-order chi connectivity index (χ0) is 22.6. The molecule has 3 rings (SSSR count). The van der Waals surface area contributed by atoms with Crippen LogP contribution in [-0.4, -0.2) is 16.1 Å². The van der Waals surface area contributed by atoms with Crippen LogP contribution in [0.2, 0.25) is 0 Å². The molecule has 0 aliphatic heterocycles. The fraction of sp³-hybridized carbons (Fsp3) is 0.150. The van der Waals surface area contributed by atoms with Crippen molar-refractivity contribution in [3.63, 3.8) is 0 Å². The minimum absolute atomic E-state index is 0.126. The average molecular weight is 451 g/mol. The van der Waals surface area contributed by atoms with Gasteiger partial charge in [0.1, 0.15) is 5.75 Å². The monoisotopic (exact) mass is 451 g/mol. The van der Waals surface area contributed by atoms with Gasteiger partial charge in [0, 0.05) is 11.6 Å². The summed E-state index contributed by atoms with van der Waals surface area (Å²) in [7, 11) is -0.921. The molecule has 7 nitrogen and oxygen atoms in total. The molecule has 0 fully saturated rings. The fourth-order valence-corrected chi connectivity index (χ4v) is 3.19. The number of rotatable bonds is 7. The quantitative estimate of drug-likeness (QED) is 0.275. The number of aromatic nitrogens is 1. The van der Waals surface area contributed by atoms with Gasteiger partial charge in [-0.3, -0.25) is 20.6 Å². The van der Waals surface area contributed by atoms with E-state index in [4.69, 9.17) is 10.2 Å². The zero-order valence-corrected chi connectivity index (χ0v) is 17.1. The first kappa shape index (κ1) is 22.6. The van der Waals surface area contributed by atoms with Crippen molar-refractivity contribution in [2.24, 2.45) is 5.50 Å². The van der Waals surface area contributed by atoms with E-state index < -0.39 is 31.8 Å². The van der Waals surface area contributed by atoms with E-state index in [2.05, 4.69) is 9.51 Å². The first-order valence-electron chi connectivity index (χ1n) is 8.86. The number of hydrogen-bond acceptors (Lipinski definition) is 6. The maximum Gasteiger partial charge on any atom is 0.419 e. The van der Waals surface area contributed by atoms with Crippen molar-refractivity contribution in [3.05, 3.63) is 82.0 Å². The Hall–Kier alpha value is -3.07. The van der Waals surface area contributed by atoms with Crippen LogP contribution < -0.4 is 10.2 Å². The Labute approximate surface area is 177 Å². The molecule has 0 amide bonds. The third-order valence-electron chi connectivity index (χ3n) is 4.28. The molecular formula is C20H17F3N3O4P. The van der Waals surface area contributed by atoms with Gasteiger partial charge in [-0.25, -0.2) is 0 Å². The van der Waals surface area contributed by atoms with E-state index in [1.165, 1.54) is 12.3 Å². The predicted octanol–water partition coefficient (Wildman–Crippen LogP) is 5.84. The second-order valence-corrected chi connectivity index (χ2v) is 6.96. The molecule has 0 bridgehead atoms. The van der Waals surface area contributed by atoms with Crippen LogP contribution in [0, 0.1) is 17.0 Å². The first-order valence-corrected chi connectivity index (χ1v) is 9.85. The number of nitrogens with two attached hydrogens (primary N) is 1. The summed E-state index contributed by atoms with van der Waals surface area (Å²) in [6, 6.07) is 13.6.